The van der Waals surface area contributed by atoms with Gasteiger partial charge in [-0.25, -0.2) is 9.98 Å². The number of nitro benzene ring substituents is 2. The quantitative estimate of drug-likeness (QED) is 0.242. The highest BCUT2D eigenvalue weighted by Gasteiger charge is 2.21. The van der Waals surface area contributed by atoms with Crippen molar-refractivity contribution >= 4 is 34.2 Å². The molecule has 5 rings (SSSR count). The lowest BCUT2D eigenvalue weighted by atomic mass is 9.95. The molecule has 0 fully saturated rings. The number of benzene rings is 4. The molecular weight excluding hydrogens is 432 g/mol. The van der Waals surface area contributed by atoms with Crippen molar-refractivity contribution in [3.63, 3.8) is 0 Å². The second-order valence-electron chi connectivity index (χ2n) is 7.57. The average molecular weight is 448 g/mol. The number of nitro groups is 2. The van der Waals surface area contributed by atoms with Crippen LogP contribution in [0.1, 0.15) is 22.3 Å². The van der Waals surface area contributed by atoms with Gasteiger partial charge in [0, 0.05) is 46.5 Å². The molecule has 1 aliphatic rings. The van der Waals surface area contributed by atoms with Crippen molar-refractivity contribution in [2.24, 2.45) is 9.98 Å². The highest BCUT2D eigenvalue weighted by Crippen LogP contribution is 2.34. The van der Waals surface area contributed by atoms with E-state index in [0.717, 1.165) is 0 Å². The van der Waals surface area contributed by atoms with E-state index in [4.69, 9.17) is 9.98 Å². The summed E-state index contributed by atoms with van der Waals surface area (Å²) in [6, 6.07) is 27.4. The molecule has 0 aromatic heterocycles. The maximum Gasteiger partial charge on any atom is 0.270 e. The van der Waals surface area contributed by atoms with Gasteiger partial charge in [-0.15, -0.1) is 0 Å². The van der Waals surface area contributed by atoms with Crippen LogP contribution in [0, 0.1) is 20.2 Å². The second-order valence-corrected chi connectivity index (χ2v) is 7.57. The first kappa shape index (κ1) is 20.9. The van der Waals surface area contributed by atoms with Gasteiger partial charge in [-0.2, -0.15) is 0 Å². The van der Waals surface area contributed by atoms with Crippen LogP contribution in [0.2, 0.25) is 0 Å². The Kier molecular flexibility index (Phi) is 5.23. The fraction of sp³-hybridized carbons (Fsp3) is 0. The molecule has 0 aliphatic carbocycles. The first-order valence-corrected chi connectivity index (χ1v) is 10.4. The van der Waals surface area contributed by atoms with Crippen LogP contribution in [0.15, 0.2) is 107 Å². The van der Waals surface area contributed by atoms with Gasteiger partial charge in [-0.1, -0.05) is 60.7 Å². The summed E-state index contributed by atoms with van der Waals surface area (Å²) in [6.07, 6.45) is 0. The largest absolute Gasteiger partial charge is 0.270 e. The van der Waals surface area contributed by atoms with Crippen molar-refractivity contribution in [2.75, 3.05) is 0 Å². The fourth-order valence-electron chi connectivity index (χ4n) is 3.88. The summed E-state index contributed by atoms with van der Waals surface area (Å²) < 4.78 is 0. The number of hydrogen-bond donors (Lipinski definition) is 0. The van der Waals surface area contributed by atoms with Crippen LogP contribution in [-0.2, 0) is 0 Å². The van der Waals surface area contributed by atoms with Crippen LogP contribution in [0.25, 0.3) is 0 Å². The summed E-state index contributed by atoms with van der Waals surface area (Å²) >= 11 is 0. The van der Waals surface area contributed by atoms with E-state index in [1.807, 2.05) is 48.5 Å². The van der Waals surface area contributed by atoms with E-state index >= 15 is 0 Å². The van der Waals surface area contributed by atoms with Crippen molar-refractivity contribution < 1.29 is 9.85 Å². The third-order valence-corrected chi connectivity index (χ3v) is 5.44. The highest BCUT2D eigenvalue weighted by atomic mass is 16.6. The van der Waals surface area contributed by atoms with Gasteiger partial charge in [0.05, 0.1) is 32.6 Å². The monoisotopic (exact) mass is 448 g/mol. The summed E-state index contributed by atoms with van der Waals surface area (Å²) in [4.78, 5) is 31.7. The summed E-state index contributed by atoms with van der Waals surface area (Å²) in [5.41, 5.74) is 4.80. The Labute approximate surface area is 193 Å². The normalized spacial score (nSPS) is 12.4. The molecule has 164 valence electrons. The number of hydrogen-bond acceptors (Lipinski definition) is 6. The molecule has 0 saturated carbocycles. The smallest absolute Gasteiger partial charge is 0.258 e. The van der Waals surface area contributed by atoms with E-state index in [0.29, 0.717) is 45.1 Å². The molecule has 0 spiro atoms. The number of para-hydroxylation sites is 2. The topological polar surface area (TPSA) is 111 Å². The third kappa shape index (κ3) is 3.84. The predicted molar refractivity (Wildman–Crippen MR) is 130 cm³/mol. The molecule has 0 saturated heterocycles. The molecule has 0 radical (unpaired) electrons. The Hall–Kier alpha value is -4.98. The van der Waals surface area contributed by atoms with Gasteiger partial charge >= 0.3 is 0 Å². The molecule has 1 aliphatic heterocycles. The maximum absolute atomic E-state index is 11.4. The van der Waals surface area contributed by atoms with Gasteiger partial charge in [0.2, 0.25) is 0 Å². The lowest BCUT2D eigenvalue weighted by molar-refractivity contribution is -0.385. The Bertz CT molecular complexity index is 1410. The summed E-state index contributed by atoms with van der Waals surface area (Å²) in [7, 11) is 0. The number of non-ortho nitro benzene ring substituents is 2. The first-order valence-electron chi connectivity index (χ1n) is 10.4. The minimum absolute atomic E-state index is 0.0335. The molecule has 0 atom stereocenters. The number of aliphatic imine (C=N–C) groups is 2. The van der Waals surface area contributed by atoms with Gasteiger partial charge in [-0.05, 0) is 12.1 Å². The van der Waals surface area contributed by atoms with Crippen LogP contribution in [0.4, 0.5) is 22.7 Å². The minimum atomic E-state index is -0.439. The van der Waals surface area contributed by atoms with Gasteiger partial charge in [0.1, 0.15) is 0 Å². The van der Waals surface area contributed by atoms with E-state index < -0.39 is 9.85 Å². The van der Waals surface area contributed by atoms with Crippen molar-refractivity contribution in [3.8, 4) is 0 Å². The molecule has 0 amide bonds. The lowest BCUT2D eigenvalue weighted by Crippen LogP contribution is -2.10. The Morgan fingerprint density at radius 1 is 0.529 bits per heavy atom. The molecule has 34 heavy (non-hydrogen) atoms. The molecule has 8 heteroatoms. The summed E-state index contributed by atoms with van der Waals surface area (Å²) in [5.74, 6) is 0. The van der Waals surface area contributed by atoms with Crippen LogP contribution in [0.3, 0.4) is 0 Å². The standard InChI is InChI=1S/C26H16N4O4/c31-29(32)19-9-5-7-17(15-19)25-21-11-1-3-13-23(21)27-26(22-12-2-4-14-24(22)28-25)18-8-6-10-20(16-18)30(33)34/h1-16H. The molecule has 4 aromatic rings. The zero-order chi connectivity index (χ0) is 23.7. The van der Waals surface area contributed by atoms with Gasteiger partial charge in [0.25, 0.3) is 11.4 Å². The second kappa shape index (κ2) is 8.51. The zero-order valence-electron chi connectivity index (χ0n) is 17.7. The van der Waals surface area contributed by atoms with Crippen LogP contribution >= 0.6 is 0 Å². The zero-order valence-corrected chi connectivity index (χ0v) is 17.7. The number of nitrogens with zero attached hydrogens (tertiary/aromatic N) is 4. The van der Waals surface area contributed by atoms with Crippen molar-refractivity contribution in [3.05, 3.63) is 140 Å². The van der Waals surface area contributed by atoms with E-state index in [1.54, 1.807) is 24.3 Å². The van der Waals surface area contributed by atoms with Crippen molar-refractivity contribution in [1.29, 1.82) is 0 Å². The van der Waals surface area contributed by atoms with E-state index in [9.17, 15) is 20.2 Å². The Morgan fingerprint density at radius 2 is 0.941 bits per heavy atom. The molecule has 0 unspecified atom stereocenters. The Balaban J connectivity index is 1.78. The number of rotatable bonds is 4. The first-order chi connectivity index (χ1) is 16.5. The molecular formula is C26H16N4O4. The van der Waals surface area contributed by atoms with Crippen molar-refractivity contribution in [1.82, 2.24) is 0 Å². The summed E-state index contributed by atoms with van der Waals surface area (Å²) in [6.45, 7) is 0. The maximum atomic E-state index is 11.4. The van der Waals surface area contributed by atoms with Crippen LogP contribution in [-0.4, -0.2) is 21.3 Å². The SMILES string of the molecule is O=[N+]([O-])c1cccc(C2=Nc3ccccc3C(c3cccc([N+](=O)[O-])c3)=Nc3ccccc32)c1. The minimum Gasteiger partial charge on any atom is -0.258 e. The summed E-state index contributed by atoms with van der Waals surface area (Å²) in [5, 5.41) is 22.7. The highest BCUT2D eigenvalue weighted by molar-refractivity contribution is 6.22. The van der Waals surface area contributed by atoms with E-state index in [1.165, 1.54) is 24.3 Å². The predicted octanol–water partition coefficient (Wildman–Crippen LogP) is 6.15. The third-order valence-electron chi connectivity index (χ3n) is 5.44. The molecule has 8 nitrogen and oxygen atoms in total. The van der Waals surface area contributed by atoms with E-state index in [2.05, 4.69) is 0 Å². The molecule has 0 N–H and O–H groups in total. The molecule has 0 bridgehead atoms. The number of fused-ring (bicyclic) bond motifs is 2. The van der Waals surface area contributed by atoms with E-state index in [-0.39, 0.29) is 11.4 Å². The van der Waals surface area contributed by atoms with Crippen LogP contribution in [0.5, 0.6) is 0 Å². The Morgan fingerprint density at radius 3 is 1.35 bits per heavy atom. The fourth-order valence-corrected chi connectivity index (χ4v) is 3.88. The molecule has 4 aromatic carbocycles. The molecule has 1 heterocycles. The van der Waals surface area contributed by atoms with Crippen molar-refractivity contribution in [2.45, 2.75) is 0 Å². The van der Waals surface area contributed by atoms with Gasteiger partial charge < -0.3 is 0 Å². The average Bonchev–Trinajstić information content (AvgIpc) is 2.85. The van der Waals surface area contributed by atoms with Gasteiger partial charge in [-0.3, -0.25) is 20.2 Å². The lowest BCUT2D eigenvalue weighted by Gasteiger charge is -2.17. The van der Waals surface area contributed by atoms with Gasteiger partial charge in [0.15, 0.2) is 0 Å². The van der Waals surface area contributed by atoms with Crippen LogP contribution < -0.4 is 0 Å².